The molecule has 10 heteroatoms. The van der Waals surface area contributed by atoms with Crippen molar-refractivity contribution in [1.29, 1.82) is 0 Å². The lowest BCUT2D eigenvalue weighted by atomic mass is 10.4. The second-order valence-corrected chi connectivity index (χ2v) is 6.74. The van der Waals surface area contributed by atoms with Gasteiger partial charge in [0.25, 0.3) is 0 Å². The number of sulfonamides is 1. The van der Waals surface area contributed by atoms with Gasteiger partial charge in [0, 0.05) is 39.3 Å². The minimum Gasteiger partial charge on any atom is -0.480 e. The highest BCUT2D eigenvalue weighted by Crippen LogP contribution is 2.03. The van der Waals surface area contributed by atoms with E-state index in [9.17, 15) is 18.0 Å². The molecule has 1 heterocycles. The van der Waals surface area contributed by atoms with Crippen molar-refractivity contribution in [2.24, 2.45) is 0 Å². The Labute approximate surface area is 124 Å². The smallest absolute Gasteiger partial charge is 0.317 e. The normalized spacial score (nSPS) is 17.3. The molecule has 3 N–H and O–H groups in total. The Kier molecular flexibility index (Phi) is 6.85. The van der Waals surface area contributed by atoms with Gasteiger partial charge in [-0.05, 0) is 6.42 Å². The van der Waals surface area contributed by atoms with E-state index in [1.807, 2.05) is 0 Å². The Bertz CT molecular complexity index is 467. The van der Waals surface area contributed by atoms with Crippen LogP contribution in [0.2, 0.25) is 0 Å². The largest absolute Gasteiger partial charge is 0.480 e. The van der Waals surface area contributed by atoms with Crippen molar-refractivity contribution < 1.29 is 23.1 Å². The molecule has 1 rings (SSSR count). The lowest BCUT2D eigenvalue weighted by Gasteiger charge is -2.21. The van der Waals surface area contributed by atoms with E-state index < -0.39 is 16.0 Å². The number of nitrogens with one attached hydrogen (secondary N) is 2. The average Bonchev–Trinajstić information content (AvgIpc) is 2.58. The highest BCUT2D eigenvalue weighted by molar-refractivity contribution is 7.88. The van der Waals surface area contributed by atoms with Crippen LogP contribution >= 0.6 is 0 Å². The van der Waals surface area contributed by atoms with Crippen molar-refractivity contribution in [2.45, 2.75) is 6.42 Å². The third kappa shape index (κ3) is 7.83. The Morgan fingerprint density at radius 2 is 1.86 bits per heavy atom. The first-order valence-electron chi connectivity index (χ1n) is 6.69. The van der Waals surface area contributed by atoms with Gasteiger partial charge in [0.1, 0.15) is 0 Å². The summed E-state index contributed by atoms with van der Waals surface area (Å²) in [5, 5.41) is 11.4. The quantitative estimate of drug-likeness (QED) is 0.504. The number of aliphatic carboxylic acids is 1. The van der Waals surface area contributed by atoms with E-state index in [2.05, 4.69) is 10.0 Å². The fraction of sp³-hybridized carbons (Fsp3) is 0.818. The van der Waals surface area contributed by atoms with Crippen LogP contribution in [0.1, 0.15) is 6.42 Å². The molecule has 2 amide bonds. The summed E-state index contributed by atoms with van der Waals surface area (Å²) in [6.07, 6.45) is 1.77. The number of amides is 2. The predicted octanol–water partition coefficient (Wildman–Crippen LogP) is -1.66. The zero-order valence-corrected chi connectivity index (χ0v) is 12.9. The molecule has 0 aromatic rings. The monoisotopic (exact) mass is 322 g/mol. The molecule has 0 atom stereocenters. The molecule has 122 valence electrons. The van der Waals surface area contributed by atoms with Crippen molar-refractivity contribution >= 4 is 22.0 Å². The summed E-state index contributed by atoms with van der Waals surface area (Å²) in [6.45, 7) is 2.51. The SMILES string of the molecule is CS(=O)(=O)NCCNC(=O)N1CCCN(CC(=O)O)CC1. The minimum absolute atomic E-state index is 0.0201. The Hall–Kier alpha value is -1.39. The van der Waals surface area contributed by atoms with Crippen LogP contribution in [0.5, 0.6) is 0 Å². The van der Waals surface area contributed by atoms with Gasteiger partial charge in [0.2, 0.25) is 10.0 Å². The molecule has 1 aliphatic heterocycles. The summed E-state index contributed by atoms with van der Waals surface area (Å²) in [6, 6.07) is -0.262. The first-order chi connectivity index (χ1) is 9.78. The van der Waals surface area contributed by atoms with Gasteiger partial charge in [-0.15, -0.1) is 0 Å². The van der Waals surface area contributed by atoms with E-state index >= 15 is 0 Å². The van der Waals surface area contributed by atoms with E-state index in [0.29, 0.717) is 32.6 Å². The summed E-state index contributed by atoms with van der Waals surface area (Å²) in [4.78, 5) is 26.0. The second-order valence-electron chi connectivity index (χ2n) is 4.91. The zero-order valence-electron chi connectivity index (χ0n) is 12.0. The molecule has 0 saturated carbocycles. The van der Waals surface area contributed by atoms with Gasteiger partial charge in [0.15, 0.2) is 0 Å². The molecule has 1 aliphatic rings. The highest BCUT2D eigenvalue weighted by atomic mass is 32.2. The Morgan fingerprint density at radius 3 is 2.48 bits per heavy atom. The van der Waals surface area contributed by atoms with Crippen LogP contribution in [0, 0.1) is 0 Å². The van der Waals surface area contributed by atoms with Gasteiger partial charge in [-0.3, -0.25) is 9.69 Å². The predicted molar refractivity (Wildman–Crippen MR) is 76.5 cm³/mol. The van der Waals surface area contributed by atoms with E-state index in [0.717, 1.165) is 6.26 Å². The fourth-order valence-electron chi connectivity index (χ4n) is 2.04. The fourth-order valence-corrected chi connectivity index (χ4v) is 2.51. The van der Waals surface area contributed by atoms with Crippen LogP contribution in [0.4, 0.5) is 4.79 Å². The Balaban J connectivity index is 2.30. The number of carboxylic acid groups (broad SMARTS) is 1. The van der Waals surface area contributed by atoms with E-state index in [1.54, 1.807) is 9.80 Å². The molecule has 0 aliphatic carbocycles. The molecule has 0 radical (unpaired) electrons. The second kappa shape index (κ2) is 8.15. The summed E-state index contributed by atoms with van der Waals surface area (Å²) >= 11 is 0. The first kappa shape index (κ1) is 17.7. The van der Waals surface area contributed by atoms with Crippen molar-refractivity contribution in [3.05, 3.63) is 0 Å². The maximum Gasteiger partial charge on any atom is 0.317 e. The van der Waals surface area contributed by atoms with Crippen molar-refractivity contribution in [3.8, 4) is 0 Å². The number of hydrogen-bond donors (Lipinski definition) is 3. The number of carbonyl (C=O) groups is 2. The molecule has 0 unspecified atom stereocenters. The van der Waals surface area contributed by atoms with Crippen molar-refractivity contribution in [1.82, 2.24) is 19.8 Å². The van der Waals surface area contributed by atoms with Crippen LogP contribution in [-0.2, 0) is 14.8 Å². The number of carbonyl (C=O) groups excluding carboxylic acids is 1. The van der Waals surface area contributed by atoms with E-state index in [4.69, 9.17) is 5.11 Å². The summed E-state index contributed by atoms with van der Waals surface area (Å²) < 4.78 is 24.0. The molecule has 9 nitrogen and oxygen atoms in total. The van der Waals surface area contributed by atoms with Crippen LogP contribution in [0.25, 0.3) is 0 Å². The van der Waals surface area contributed by atoms with Crippen molar-refractivity contribution in [3.63, 3.8) is 0 Å². The van der Waals surface area contributed by atoms with Gasteiger partial charge >= 0.3 is 12.0 Å². The molecule has 1 fully saturated rings. The van der Waals surface area contributed by atoms with Gasteiger partial charge < -0.3 is 15.3 Å². The maximum absolute atomic E-state index is 11.9. The summed E-state index contributed by atoms with van der Waals surface area (Å²) in [7, 11) is -3.25. The average molecular weight is 322 g/mol. The van der Waals surface area contributed by atoms with E-state index in [1.165, 1.54) is 0 Å². The standard InChI is InChI=1S/C11H22N4O5S/c1-21(19,20)13-4-3-12-11(18)15-6-2-5-14(7-8-15)9-10(16)17/h13H,2-9H2,1H3,(H,12,18)(H,16,17). The van der Waals surface area contributed by atoms with Gasteiger partial charge in [-0.25, -0.2) is 17.9 Å². The lowest BCUT2D eigenvalue weighted by molar-refractivity contribution is -0.138. The molecule has 0 spiro atoms. The number of hydrogen-bond acceptors (Lipinski definition) is 5. The van der Waals surface area contributed by atoms with Crippen LogP contribution in [0.15, 0.2) is 0 Å². The first-order valence-corrected chi connectivity index (χ1v) is 8.58. The summed E-state index contributed by atoms with van der Waals surface area (Å²) in [5.74, 6) is -0.875. The minimum atomic E-state index is -3.25. The molecular weight excluding hydrogens is 300 g/mol. The number of nitrogens with zero attached hydrogens (tertiary/aromatic N) is 2. The molecule has 0 aromatic carbocycles. The van der Waals surface area contributed by atoms with Gasteiger partial charge in [-0.2, -0.15) is 0 Å². The Morgan fingerprint density at radius 1 is 1.14 bits per heavy atom. The number of urea groups is 1. The molecule has 0 aromatic heterocycles. The lowest BCUT2D eigenvalue weighted by Crippen LogP contribution is -2.44. The molecular formula is C11H22N4O5S. The van der Waals surface area contributed by atoms with Gasteiger partial charge in [0.05, 0.1) is 12.8 Å². The number of carboxylic acids is 1. The molecule has 0 bridgehead atoms. The van der Waals surface area contributed by atoms with Crippen molar-refractivity contribution in [2.75, 3.05) is 52.1 Å². The van der Waals surface area contributed by atoms with Crippen LogP contribution < -0.4 is 10.0 Å². The van der Waals surface area contributed by atoms with Crippen LogP contribution in [-0.4, -0.2) is 87.4 Å². The van der Waals surface area contributed by atoms with Crippen LogP contribution in [0.3, 0.4) is 0 Å². The van der Waals surface area contributed by atoms with Gasteiger partial charge in [-0.1, -0.05) is 0 Å². The third-order valence-corrected chi connectivity index (χ3v) is 3.73. The zero-order chi connectivity index (χ0) is 15.9. The maximum atomic E-state index is 11.9. The summed E-state index contributed by atoms with van der Waals surface area (Å²) in [5.41, 5.74) is 0. The third-order valence-electron chi connectivity index (χ3n) is 3.00. The molecule has 1 saturated heterocycles. The number of rotatable bonds is 6. The van der Waals surface area contributed by atoms with E-state index in [-0.39, 0.29) is 25.7 Å². The molecule has 21 heavy (non-hydrogen) atoms. The topological polar surface area (TPSA) is 119 Å². The highest BCUT2D eigenvalue weighted by Gasteiger charge is 2.19.